The summed E-state index contributed by atoms with van der Waals surface area (Å²) in [6, 6.07) is 5.43. The van der Waals surface area contributed by atoms with Crippen LogP contribution in [0.3, 0.4) is 0 Å². The fraction of sp³-hybridized carbons (Fsp3) is 0.467. The molecule has 0 spiro atoms. The third-order valence-electron chi connectivity index (χ3n) is 3.57. The first-order valence-electron chi connectivity index (χ1n) is 7.05. The highest BCUT2D eigenvalue weighted by Crippen LogP contribution is 2.15. The maximum atomic E-state index is 12.0. The molecule has 2 unspecified atom stereocenters. The molecule has 1 aromatic heterocycles. The molecule has 5 heteroatoms. The zero-order valence-corrected chi connectivity index (χ0v) is 12.2. The molecular weight excluding hydrogens is 252 g/mol. The highest BCUT2D eigenvalue weighted by molar-refractivity contribution is 5.81. The van der Waals surface area contributed by atoms with Gasteiger partial charge >= 0.3 is 0 Å². The Kier molecular flexibility index (Phi) is 4.27. The maximum Gasteiger partial charge on any atom is 0.260 e. The minimum Gasteiger partial charge on any atom is -0.399 e. The summed E-state index contributed by atoms with van der Waals surface area (Å²) < 4.78 is 0. The van der Waals surface area contributed by atoms with Gasteiger partial charge in [-0.25, -0.2) is 4.98 Å². The lowest BCUT2D eigenvalue weighted by Crippen LogP contribution is -2.22. The Morgan fingerprint density at radius 3 is 2.85 bits per heavy atom. The monoisotopic (exact) mass is 274 g/mol. The first-order valence-corrected chi connectivity index (χ1v) is 7.05. The Labute approximate surface area is 118 Å². The maximum absolute atomic E-state index is 12.0. The van der Waals surface area contributed by atoms with Gasteiger partial charge in [-0.05, 0) is 37.5 Å². The summed E-state index contributed by atoms with van der Waals surface area (Å²) in [4.78, 5) is 19.2. The molecule has 0 amide bonds. The van der Waals surface area contributed by atoms with E-state index in [4.69, 9.17) is 5.73 Å². The van der Waals surface area contributed by atoms with Crippen LogP contribution < -0.4 is 16.6 Å². The number of benzene rings is 1. The number of aromatic amines is 1. The molecule has 20 heavy (non-hydrogen) atoms. The van der Waals surface area contributed by atoms with Crippen LogP contribution in [0.1, 0.15) is 33.6 Å². The van der Waals surface area contributed by atoms with Crippen LogP contribution in [0.2, 0.25) is 0 Å². The molecule has 5 nitrogen and oxygen atoms in total. The topological polar surface area (TPSA) is 83.8 Å². The van der Waals surface area contributed by atoms with E-state index >= 15 is 0 Å². The Morgan fingerprint density at radius 2 is 2.15 bits per heavy atom. The van der Waals surface area contributed by atoms with Crippen molar-refractivity contribution in [3.63, 3.8) is 0 Å². The minimum atomic E-state index is -0.166. The van der Waals surface area contributed by atoms with E-state index in [9.17, 15) is 4.79 Å². The van der Waals surface area contributed by atoms with Crippen LogP contribution in [-0.4, -0.2) is 16.0 Å². The Balaban J connectivity index is 2.23. The van der Waals surface area contributed by atoms with Crippen LogP contribution in [-0.2, 0) is 0 Å². The number of aromatic nitrogens is 2. The second-order valence-electron chi connectivity index (χ2n) is 5.49. The molecule has 0 bridgehead atoms. The Bertz CT molecular complexity index is 650. The number of hydrogen-bond donors (Lipinski definition) is 3. The lowest BCUT2D eigenvalue weighted by atomic mass is 10.0. The van der Waals surface area contributed by atoms with Gasteiger partial charge in [0.2, 0.25) is 5.95 Å². The molecule has 0 aliphatic rings. The number of fused-ring (bicyclic) bond motifs is 1. The summed E-state index contributed by atoms with van der Waals surface area (Å²) in [5, 5.41) is 3.78. The van der Waals surface area contributed by atoms with Gasteiger partial charge in [-0.3, -0.25) is 9.78 Å². The van der Waals surface area contributed by atoms with Crippen molar-refractivity contribution in [1.82, 2.24) is 9.97 Å². The van der Waals surface area contributed by atoms with Crippen molar-refractivity contribution in [2.75, 3.05) is 11.1 Å². The van der Waals surface area contributed by atoms with Gasteiger partial charge in [0.15, 0.2) is 0 Å². The number of anilines is 2. The number of hydrogen-bond acceptors (Lipinski definition) is 4. The van der Waals surface area contributed by atoms with E-state index in [2.05, 4.69) is 36.1 Å². The second-order valence-corrected chi connectivity index (χ2v) is 5.49. The van der Waals surface area contributed by atoms with E-state index in [1.54, 1.807) is 18.2 Å². The van der Waals surface area contributed by atoms with Crippen molar-refractivity contribution in [2.24, 2.45) is 5.92 Å². The molecule has 0 saturated heterocycles. The van der Waals surface area contributed by atoms with Gasteiger partial charge in [0.05, 0.1) is 10.9 Å². The van der Waals surface area contributed by atoms with E-state index < -0.39 is 0 Å². The van der Waals surface area contributed by atoms with Crippen LogP contribution in [0.5, 0.6) is 0 Å². The summed E-state index contributed by atoms with van der Waals surface area (Å²) in [6.07, 6.45) is 2.19. The van der Waals surface area contributed by atoms with Crippen molar-refractivity contribution in [3.05, 3.63) is 28.6 Å². The Morgan fingerprint density at radius 1 is 1.40 bits per heavy atom. The number of nitrogen functional groups attached to an aromatic ring is 1. The number of nitrogens with zero attached hydrogens (tertiary/aromatic N) is 1. The quantitative estimate of drug-likeness (QED) is 0.732. The number of rotatable bonds is 5. The van der Waals surface area contributed by atoms with Gasteiger partial charge in [0.25, 0.3) is 5.56 Å². The van der Waals surface area contributed by atoms with Crippen LogP contribution >= 0.6 is 0 Å². The van der Waals surface area contributed by atoms with Gasteiger partial charge < -0.3 is 11.1 Å². The largest absolute Gasteiger partial charge is 0.399 e. The first-order chi connectivity index (χ1) is 9.49. The molecule has 108 valence electrons. The lowest BCUT2D eigenvalue weighted by Gasteiger charge is -2.17. The predicted octanol–water partition coefficient (Wildman–Crippen LogP) is 2.74. The van der Waals surface area contributed by atoms with Crippen molar-refractivity contribution in [2.45, 2.75) is 39.7 Å². The summed E-state index contributed by atoms with van der Waals surface area (Å²) >= 11 is 0. The molecule has 0 aliphatic heterocycles. The van der Waals surface area contributed by atoms with Crippen LogP contribution in [0.4, 0.5) is 11.6 Å². The van der Waals surface area contributed by atoms with Crippen molar-refractivity contribution >= 4 is 22.5 Å². The Hall–Kier alpha value is -2.04. The average molecular weight is 274 g/mol. The van der Waals surface area contributed by atoms with Gasteiger partial charge in [0, 0.05) is 11.7 Å². The average Bonchev–Trinajstić information content (AvgIpc) is 2.39. The molecular formula is C15H22N4O. The van der Waals surface area contributed by atoms with E-state index in [0.29, 0.717) is 28.5 Å². The molecule has 0 saturated carbocycles. The second kappa shape index (κ2) is 5.94. The molecule has 0 fully saturated rings. The first kappa shape index (κ1) is 14.4. The van der Waals surface area contributed by atoms with Crippen molar-refractivity contribution in [1.29, 1.82) is 0 Å². The summed E-state index contributed by atoms with van der Waals surface area (Å²) in [6.45, 7) is 6.49. The highest BCUT2D eigenvalue weighted by atomic mass is 16.1. The standard InChI is InChI=1S/C15H22N4O/c1-4-9(2)7-10(3)17-15-18-13-6-5-11(16)8-12(13)14(20)19-15/h5-6,8-10H,4,7,16H2,1-3H3,(H2,17,18,19,20). The molecule has 1 aromatic carbocycles. The highest BCUT2D eigenvalue weighted by Gasteiger charge is 2.10. The normalized spacial score (nSPS) is 14.2. The van der Waals surface area contributed by atoms with Gasteiger partial charge in [-0.2, -0.15) is 0 Å². The van der Waals surface area contributed by atoms with Gasteiger partial charge in [0.1, 0.15) is 0 Å². The molecule has 2 atom stereocenters. The molecule has 0 radical (unpaired) electrons. The molecule has 0 aliphatic carbocycles. The van der Waals surface area contributed by atoms with E-state index in [1.807, 2.05) is 0 Å². The fourth-order valence-electron chi connectivity index (χ4n) is 2.29. The molecule has 4 N–H and O–H groups in total. The zero-order chi connectivity index (χ0) is 14.7. The van der Waals surface area contributed by atoms with Crippen molar-refractivity contribution < 1.29 is 0 Å². The van der Waals surface area contributed by atoms with E-state index in [1.165, 1.54) is 0 Å². The summed E-state index contributed by atoms with van der Waals surface area (Å²) in [5.41, 5.74) is 6.74. The third-order valence-corrected chi connectivity index (χ3v) is 3.57. The fourth-order valence-corrected chi connectivity index (χ4v) is 2.29. The van der Waals surface area contributed by atoms with Crippen molar-refractivity contribution in [3.8, 4) is 0 Å². The number of H-pyrrole nitrogens is 1. The van der Waals surface area contributed by atoms with Crippen LogP contribution in [0.25, 0.3) is 10.9 Å². The minimum absolute atomic E-state index is 0.166. The smallest absolute Gasteiger partial charge is 0.260 e. The van der Waals surface area contributed by atoms with E-state index in [-0.39, 0.29) is 11.6 Å². The van der Waals surface area contributed by atoms with E-state index in [0.717, 1.165) is 12.8 Å². The molecule has 2 aromatic rings. The van der Waals surface area contributed by atoms with Crippen LogP contribution in [0, 0.1) is 5.92 Å². The predicted molar refractivity (Wildman–Crippen MR) is 83.9 cm³/mol. The van der Waals surface area contributed by atoms with Gasteiger partial charge in [-0.15, -0.1) is 0 Å². The van der Waals surface area contributed by atoms with Crippen LogP contribution in [0.15, 0.2) is 23.0 Å². The summed E-state index contributed by atoms with van der Waals surface area (Å²) in [7, 11) is 0. The zero-order valence-electron chi connectivity index (χ0n) is 12.2. The third kappa shape index (κ3) is 3.29. The number of nitrogens with two attached hydrogens (primary N) is 1. The molecule has 2 rings (SSSR count). The molecule has 1 heterocycles. The number of nitrogens with one attached hydrogen (secondary N) is 2. The summed E-state index contributed by atoms with van der Waals surface area (Å²) in [5.74, 6) is 1.16. The van der Waals surface area contributed by atoms with Gasteiger partial charge in [-0.1, -0.05) is 20.3 Å². The lowest BCUT2D eigenvalue weighted by molar-refractivity contribution is 0.482. The SMILES string of the molecule is CCC(C)CC(C)Nc1nc2ccc(N)cc2c(=O)[nH]1.